The van der Waals surface area contributed by atoms with Gasteiger partial charge in [-0.1, -0.05) is 23.2 Å². The van der Waals surface area contributed by atoms with E-state index < -0.39 is 0 Å². The molecule has 7 heteroatoms. The van der Waals surface area contributed by atoms with E-state index in [-0.39, 0.29) is 5.91 Å². The van der Waals surface area contributed by atoms with Crippen LogP contribution in [0.2, 0.25) is 10.0 Å². The first-order valence-corrected chi connectivity index (χ1v) is 8.06. The van der Waals surface area contributed by atoms with Gasteiger partial charge in [-0.15, -0.1) is 0 Å². The average molecular weight is 361 g/mol. The fraction of sp³-hybridized carbons (Fsp3) is 0.118. The SMILES string of the molecule is O=C(NCCn1ccc(-c2ccncc2)n1)c1ccc(Cl)c(Cl)c1. The van der Waals surface area contributed by atoms with Crippen LogP contribution in [-0.4, -0.2) is 27.2 Å². The first-order valence-electron chi connectivity index (χ1n) is 7.30. The van der Waals surface area contributed by atoms with E-state index in [9.17, 15) is 4.79 Å². The maximum absolute atomic E-state index is 12.1. The van der Waals surface area contributed by atoms with Gasteiger partial charge in [-0.25, -0.2) is 0 Å². The highest BCUT2D eigenvalue weighted by Gasteiger charge is 2.08. The topological polar surface area (TPSA) is 59.8 Å². The summed E-state index contributed by atoms with van der Waals surface area (Å²) in [6, 6.07) is 10.5. The number of hydrogen-bond donors (Lipinski definition) is 1. The number of amides is 1. The fourth-order valence-corrected chi connectivity index (χ4v) is 2.48. The van der Waals surface area contributed by atoms with Gasteiger partial charge in [0, 0.05) is 36.3 Å². The lowest BCUT2D eigenvalue weighted by atomic mass is 10.2. The van der Waals surface area contributed by atoms with Crippen molar-refractivity contribution < 1.29 is 4.79 Å². The Balaban J connectivity index is 1.56. The number of halogens is 2. The van der Waals surface area contributed by atoms with Gasteiger partial charge in [0.15, 0.2) is 0 Å². The van der Waals surface area contributed by atoms with Crippen LogP contribution in [0.4, 0.5) is 0 Å². The van der Waals surface area contributed by atoms with Crippen LogP contribution in [0.25, 0.3) is 11.3 Å². The van der Waals surface area contributed by atoms with E-state index in [0.29, 0.717) is 28.7 Å². The van der Waals surface area contributed by atoms with Crippen LogP contribution >= 0.6 is 23.2 Å². The third kappa shape index (κ3) is 3.93. The Morgan fingerprint density at radius 1 is 1.08 bits per heavy atom. The van der Waals surface area contributed by atoms with Gasteiger partial charge < -0.3 is 5.32 Å². The van der Waals surface area contributed by atoms with Gasteiger partial charge in [0.2, 0.25) is 0 Å². The van der Waals surface area contributed by atoms with Crippen molar-refractivity contribution in [3.8, 4) is 11.3 Å². The summed E-state index contributed by atoms with van der Waals surface area (Å²) in [5, 5.41) is 8.09. The van der Waals surface area contributed by atoms with Crippen LogP contribution in [0.5, 0.6) is 0 Å². The zero-order chi connectivity index (χ0) is 16.9. The second-order valence-electron chi connectivity index (χ2n) is 5.08. The average Bonchev–Trinajstić information content (AvgIpc) is 3.07. The highest BCUT2D eigenvalue weighted by Crippen LogP contribution is 2.22. The Kier molecular flexibility index (Phi) is 5.13. The zero-order valence-corrected chi connectivity index (χ0v) is 14.1. The van der Waals surface area contributed by atoms with E-state index in [0.717, 1.165) is 11.3 Å². The Morgan fingerprint density at radius 3 is 2.62 bits per heavy atom. The molecule has 5 nitrogen and oxygen atoms in total. The number of hydrogen-bond acceptors (Lipinski definition) is 3. The van der Waals surface area contributed by atoms with Crippen molar-refractivity contribution in [3.63, 3.8) is 0 Å². The van der Waals surface area contributed by atoms with E-state index in [2.05, 4.69) is 15.4 Å². The lowest BCUT2D eigenvalue weighted by Crippen LogP contribution is -2.27. The van der Waals surface area contributed by atoms with Gasteiger partial charge in [-0.2, -0.15) is 5.10 Å². The molecule has 0 radical (unpaired) electrons. The molecule has 1 N–H and O–H groups in total. The molecule has 0 unspecified atom stereocenters. The van der Waals surface area contributed by atoms with Gasteiger partial charge in [-0.05, 0) is 36.4 Å². The minimum absolute atomic E-state index is 0.199. The van der Waals surface area contributed by atoms with Gasteiger partial charge in [0.1, 0.15) is 0 Å². The first-order chi connectivity index (χ1) is 11.6. The summed E-state index contributed by atoms with van der Waals surface area (Å²) in [5.41, 5.74) is 2.35. The summed E-state index contributed by atoms with van der Waals surface area (Å²) >= 11 is 11.8. The van der Waals surface area contributed by atoms with E-state index in [1.54, 1.807) is 35.3 Å². The molecule has 0 spiro atoms. The third-order valence-corrected chi connectivity index (χ3v) is 4.16. The van der Waals surface area contributed by atoms with E-state index in [1.807, 2.05) is 24.4 Å². The molecule has 0 saturated carbocycles. The Labute approximate surface area is 149 Å². The molecular formula is C17H14Cl2N4O. The predicted octanol–water partition coefficient (Wildman–Crippen LogP) is 3.68. The molecule has 0 aliphatic carbocycles. The third-order valence-electron chi connectivity index (χ3n) is 3.42. The second kappa shape index (κ2) is 7.47. The molecule has 0 bridgehead atoms. The van der Waals surface area contributed by atoms with Gasteiger partial charge in [0.05, 0.1) is 22.3 Å². The van der Waals surface area contributed by atoms with Crippen molar-refractivity contribution >= 4 is 29.1 Å². The Morgan fingerprint density at radius 2 is 1.88 bits per heavy atom. The van der Waals surface area contributed by atoms with E-state index in [1.165, 1.54) is 0 Å². The number of nitrogens with zero attached hydrogens (tertiary/aromatic N) is 3. The molecule has 0 fully saturated rings. The number of carbonyl (C=O) groups excluding carboxylic acids is 1. The molecule has 0 aliphatic heterocycles. The summed E-state index contributed by atoms with van der Waals surface area (Å²) < 4.78 is 1.78. The van der Waals surface area contributed by atoms with E-state index >= 15 is 0 Å². The molecule has 24 heavy (non-hydrogen) atoms. The van der Waals surface area contributed by atoms with E-state index in [4.69, 9.17) is 23.2 Å². The van der Waals surface area contributed by atoms with Crippen molar-refractivity contribution in [2.75, 3.05) is 6.54 Å². The van der Waals surface area contributed by atoms with Crippen molar-refractivity contribution in [3.05, 3.63) is 70.6 Å². The number of nitrogens with one attached hydrogen (secondary N) is 1. The minimum atomic E-state index is -0.199. The molecule has 1 aromatic carbocycles. The molecule has 0 atom stereocenters. The number of benzene rings is 1. The lowest BCUT2D eigenvalue weighted by molar-refractivity contribution is 0.0952. The van der Waals surface area contributed by atoms with Gasteiger partial charge in [0.25, 0.3) is 5.91 Å². The zero-order valence-electron chi connectivity index (χ0n) is 12.6. The summed E-state index contributed by atoms with van der Waals surface area (Å²) in [5.74, 6) is -0.199. The van der Waals surface area contributed by atoms with Crippen molar-refractivity contribution in [1.82, 2.24) is 20.1 Å². The van der Waals surface area contributed by atoms with Crippen LogP contribution < -0.4 is 5.32 Å². The van der Waals surface area contributed by atoms with Crippen molar-refractivity contribution in [2.45, 2.75) is 6.54 Å². The molecule has 2 aromatic heterocycles. The molecule has 0 saturated heterocycles. The largest absolute Gasteiger partial charge is 0.350 e. The molecule has 3 aromatic rings. The fourth-order valence-electron chi connectivity index (χ4n) is 2.19. The second-order valence-corrected chi connectivity index (χ2v) is 5.90. The summed E-state index contributed by atoms with van der Waals surface area (Å²) in [4.78, 5) is 16.1. The van der Waals surface area contributed by atoms with Crippen LogP contribution in [-0.2, 0) is 6.54 Å². The monoisotopic (exact) mass is 360 g/mol. The standard InChI is InChI=1S/C17H14Cl2N4O/c18-14-2-1-13(11-15(14)19)17(24)21-8-10-23-9-5-16(22-23)12-3-6-20-7-4-12/h1-7,9,11H,8,10H2,(H,21,24). The molecule has 2 heterocycles. The highest BCUT2D eigenvalue weighted by molar-refractivity contribution is 6.42. The van der Waals surface area contributed by atoms with Crippen molar-refractivity contribution in [2.24, 2.45) is 0 Å². The molecule has 0 aliphatic rings. The van der Waals surface area contributed by atoms with Crippen molar-refractivity contribution in [1.29, 1.82) is 0 Å². The van der Waals surface area contributed by atoms with Crippen LogP contribution in [0.1, 0.15) is 10.4 Å². The molecular weight excluding hydrogens is 347 g/mol. The maximum Gasteiger partial charge on any atom is 0.251 e. The van der Waals surface area contributed by atoms with Crippen LogP contribution in [0.3, 0.4) is 0 Å². The number of carbonyl (C=O) groups is 1. The molecule has 3 rings (SSSR count). The molecule has 122 valence electrons. The van der Waals surface area contributed by atoms with Gasteiger partial charge >= 0.3 is 0 Å². The summed E-state index contributed by atoms with van der Waals surface area (Å²) in [6.07, 6.45) is 5.33. The number of aromatic nitrogens is 3. The minimum Gasteiger partial charge on any atom is -0.350 e. The highest BCUT2D eigenvalue weighted by atomic mass is 35.5. The van der Waals surface area contributed by atoms with Crippen LogP contribution in [0, 0.1) is 0 Å². The maximum atomic E-state index is 12.1. The predicted molar refractivity (Wildman–Crippen MR) is 94.3 cm³/mol. The number of pyridine rings is 1. The van der Waals surface area contributed by atoms with Crippen LogP contribution in [0.15, 0.2) is 55.0 Å². The Bertz CT molecular complexity index is 849. The smallest absolute Gasteiger partial charge is 0.251 e. The summed E-state index contributed by atoms with van der Waals surface area (Å²) in [7, 11) is 0. The number of rotatable bonds is 5. The quantitative estimate of drug-likeness (QED) is 0.754. The van der Waals surface area contributed by atoms with Gasteiger partial charge in [-0.3, -0.25) is 14.5 Å². The first kappa shape index (κ1) is 16.5. The molecule has 1 amide bonds. The Hall–Kier alpha value is -2.37. The lowest BCUT2D eigenvalue weighted by Gasteiger charge is -2.06. The normalized spacial score (nSPS) is 10.6. The summed E-state index contributed by atoms with van der Waals surface area (Å²) in [6.45, 7) is 1.02.